The molecule has 0 N–H and O–H groups in total. The standard InChI is InChI=1S/C12H15F3O/c1-11(2,3)10-8(12(13,14)15)6-5-7-9(10)16-4/h5-7H,1-4H3. The Morgan fingerprint density at radius 1 is 1.06 bits per heavy atom. The third-order valence-electron chi connectivity index (χ3n) is 2.30. The maximum atomic E-state index is 12.8. The van der Waals surface area contributed by atoms with E-state index in [1.165, 1.54) is 13.2 Å². The molecule has 0 unspecified atom stereocenters. The lowest BCUT2D eigenvalue weighted by Gasteiger charge is -2.26. The zero-order valence-corrected chi connectivity index (χ0v) is 9.77. The Bertz CT molecular complexity index is 375. The predicted octanol–water partition coefficient (Wildman–Crippen LogP) is 4.01. The molecule has 1 aromatic carbocycles. The van der Waals surface area contributed by atoms with Gasteiger partial charge in [0.1, 0.15) is 5.75 Å². The second-order valence-electron chi connectivity index (χ2n) is 4.63. The van der Waals surface area contributed by atoms with Gasteiger partial charge >= 0.3 is 6.18 Å². The van der Waals surface area contributed by atoms with Crippen molar-refractivity contribution in [2.24, 2.45) is 0 Å². The zero-order valence-electron chi connectivity index (χ0n) is 9.77. The molecule has 0 heterocycles. The third kappa shape index (κ3) is 2.49. The van der Waals surface area contributed by atoms with Crippen LogP contribution in [0.2, 0.25) is 0 Å². The molecule has 0 spiro atoms. The molecular weight excluding hydrogens is 217 g/mol. The molecular formula is C12H15F3O. The lowest BCUT2D eigenvalue weighted by molar-refractivity contribution is -0.138. The van der Waals surface area contributed by atoms with E-state index < -0.39 is 17.2 Å². The van der Waals surface area contributed by atoms with Crippen molar-refractivity contribution in [2.45, 2.75) is 32.4 Å². The summed E-state index contributed by atoms with van der Waals surface area (Å²) in [5, 5.41) is 0. The molecule has 1 rings (SSSR count). The molecule has 0 aliphatic heterocycles. The van der Waals surface area contributed by atoms with Gasteiger partial charge in [0.25, 0.3) is 0 Å². The molecule has 4 heteroatoms. The first-order valence-electron chi connectivity index (χ1n) is 4.92. The van der Waals surface area contributed by atoms with Gasteiger partial charge in [-0.2, -0.15) is 13.2 Å². The van der Waals surface area contributed by atoms with Crippen LogP contribution in [0.25, 0.3) is 0 Å². The van der Waals surface area contributed by atoms with Gasteiger partial charge in [0.05, 0.1) is 12.7 Å². The van der Waals surface area contributed by atoms with Gasteiger partial charge in [-0.15, -0.1) is 0 Å². The summed E-state index contributed by atoms with van der Waals surface area (Å²) in [6.07, 6.45) is -4.35. The van der Waals surface area contributed by atoms with Gasteiger partial charge in [-0.1, -0.05) is 26.8 Å². The van der Waals surface area contributed by atoms with Crippen LogP contribution in [0.3, 0.4) is 0 Å². The van der Waals surface area contributed by atoms with Gasteiger partial charge in [-0.05, 0) is 17.5 Å². The van der Waals surface area contributed by atoms with Crippen molar-refractivity contribution in [3.63, 3.8) is 0 Å². The number of ether oxygens (including phenoxy) is 1. The summed E-state index contributed by atoms with van der Waals surface area (Å²) in [5.41, 5.74) is -1.04. The van der Waals surface area contributed by atoms with Crippen LogP contribution in [0.1, 0.15) is 31.9 Å². The highest BCUT2D eigenvalue weighted by molar-refractivity contribution is 5.46. The van der Waals surface area contributed by atoms with Gasteiger partial charge in [-0.25, -0.2) is 0 Å². The summed E-state index contributed by atoms with van der Waals surface area (Å²) in [6.45, 7) is 5.21. The van der Waals surface area contributed by atoms with Crippen molar-refractivity contribution in [1.82, 2.24) is 0 Å². The number of halogens is 3. The van der Waals surface area contributed by atoms with Crippen molar-refractivity contribution in [3.05, 3.63) is 29.3 Å². The fourth-order valence-corrected chi connectivity index (χ4v) is 1.71. The zero-order chi connectivity index (χ0) is 12.6. The van der Waals surface area contributed by atoms with Crippen LogP contribution in [0.4, 0.5) is 13.2 Å². The predicted molar refractivity (Wildman–Crippen MR) is 56.7 cm³/mol. The smallest absolute Gasteiger partial charge is 0.416 e. The molecule has 90 valence electrons. The second-order valence-corrected chi connectivity index (χ2v) is 4.63. The number of hydrogen-bond donors (Lipinski definition) is 0. The lowest BCUT2D eigenvalue weighted by Crippen LogP contribution is -2.20. The summed E-state index contributed by atoms with van der Waals surface area (Å²) < 4.78 is 43.5. The van der Waals surface area contributed by atoms with E-state index in [0.717, 1.165) is 6.07 Å². The normalized spacial score (nSPS) is 12.7. The average Bonchev–Trinajstić information content (AvgIpc) is 2.13. The van der Waals surface area contributed by atoms with Gasteiger partial charge < -0.3 is 4.74 Å². The number of methoxy groups -OCH3 is 1. The fourth-order valence-electron chi connectivity index (χ4n) is 1.71. The summed E-state index contributed by atoms with van der Waals surface area (Å²) >= 11 is 0. The SMILES string of the molecule is COc1cccc(C(F)(F)F)c1C(C)(C)C. The summed E-state index contributed by atoms with van der Waals surface area (Å²) in [6, 6.07) is 4.00. The second kappa shape index (κ2) is 4.00. The molecule has 1 aromatic rings. The van der Waals surface area contributed by atoms with Gasteiger partial charge in [0.2, 0.25) is 0 Å². The van der Waals surface area contributed by atoms with E-state index in [9.17, 15) is 13.2 Å². The first-order valence-corrected chi connectivity index (χ1v) is 4.92. The maximum Gasteiger partial charge on any atom is 0.416 e. The molecule has 0 radical (unpaired) electrons. The molecule has 0 atom stereocenters. The van der Waals surface area contributed by atoms with Crippen LogP contribution in [-0.2, 0) is 11.6 Å². The van der Waals surface area contributed by atoms with Gasteiger partial charge in [0.15, 0.2) is 0 Å². The highest BCUT2D eigenvalue weighted by Crippen LogP contribution is 2.41. The minimum atomic E-state index is -4.35. The summed E-state index contributed by atoms with van der Waals surface area (Å²) in [4.78, 5) is 0. The van der Waals surface area contributed by atoms with Crippen LogP contribution < -0.4 is 4.74 Å². The van der Waals surface area contributed by atoms with E-state index in [1.807, 2.05) is 0 Å². The lowest BCUT2D eigenvalue weighted by atomic mass is 9.83. The van der Waals surface area contributed by atoms with E-state index in [2.05, 4.69) is 0 Å². The molecule has 0 aliphatic carbocycles. The number of benzene rings is 1. The van der Waals surface area contributed by atoms with E-state index in [4.69, 9.17) is 4.74 Å². The molecule has 0 saturated heterocycles. The number of rotatable bonds is 1. The van der Waals surface area contributed by atoms with E-state index in [1.54, 1.807) is 26.8 Å². The third-order valence-corrected chi connectivity index (χ3v) is 2.30. The van der Waals surface area contributed by atoms with Crippen molar-refractivity contribution in [2.75, 3.05) is 7.11 Å². The summed E-state index contributed by atoms with van der Waals surface area (Å²) in [5.74, 6) is 0.280. The minimum Gasteiger partial charge on any atom is -0.496 e. The Morgan fingerprint density at radius 2 is 1.62 bits per heavy atom. The molecule has 16 heavy (non-hydrogen) atoms. The van der Waals surface area contributed by atoms with Crippen LogP contribution in [0.5, 0.6) is 5.75 Å². The minimum absolute atomic E-state index is 0.199. The Balaban J connectivity index is 3.51. The first kappa shape index (κ1) is 12.9. The fraction of sp³-hybridized carbons (Fsp3) is 0.500. The van der Waals surface area contributed by atoms with Crippen molar-refractivity contribution in [3.8, 4) is 5.75 Å². The van der Waals surface area contributed by atoms with Crippen molar-refractivity contribution < 1.29 is 17.9 Å². The topological polar surface area (TPSA) is 9.23 Å². The maximum absolute atomic E-state index is 12.8. The van der Waals surface area contributed by atoms with Gasteiger partial charge in [0, 0.05) is 5.56 Å². The molecule has 0 saturated carbocycles. The molecule has 0 aliphatic rings. The van der Waals surface area contributed by atoms with Crippen LogP contribution >= 0.6 is 0 Å². The first-order chi connectivity index (χ1) is 7.18. The Kier molecular flexibility index (Phi) is 3.22. The molecule has 0 amide bonds. The van der Waals surface area contributed by atoms with E-state index in [0.29, 0.717) is 0 Å². The number of alkyl halides is 3. The average molecular weight is 232 g/mol. The highest BCUT2D eigenvalue weighted by atomic mass is 19.4. The van der Waals surface area contributed by atoms with Crippen molar-refractivity contribution in [1.29, 1.82) is 0 Å². The Morgan fingerprint density at radius 3 is 2.00 bits per heavy atom. The highest BCUT2D eigenvalue weighted by Gasteiger charge is 2.37. The molecule has 0 bridgehead atoms. The van der Waals surface area contributed by atoms with E-state index in [-0.39, 0.29) is 11.3 Å². The van der Waals surface area contributed by atoms with Crippen LogP contribution in [-0.4, -0.2) is 7.11 Å². The Hall–Kier alpha value is -1.19. The number of hydrogen-bond acceptors (Lipinski definition) is 1. The van der Waals surface area contributed by atoms with Gasteiger partial charge in [-0.3, -0.25) is 0 Å². The van der Waals surface area contributed by atoms with Crippen molar-refractivity contribution >= 4 is 0 Å². The quantitative estimate of drug-likeness (QED) is 0.710. The van der Waals surface area contributed by atoms with Crippen LogP contribution in [0, 0.1) is 0 Å². The Labute approximate surface area is 93.2 Å². The molecule has 0 fully saturated rings. The molecule has 1 nitrogen and oxygen atoms in total. The molecule has 0 aromatic heterocycles. The summed E-state index contributed by atoms with van der Waals surface area (Å²) in [7, 11) is 1.38. The largest absolute Gasteiger partial charge is 0.496 e. The van der Waals surface area contributed by atoms with Crippen LogP contribution in [0.15, 0.2) is 18.2 Å². The van der Waals surface area contributed by atoms with E-state index >= 15 is 0 Å². The monoisotopic (exact) mass is 232 g/mol.